The number of nitrogens with two attached hydrogens (primary N) is 1. The summed E-state index contributed by atoms with van der Waals surface area (Å²) in [4.78, 5) is 16.3. The summed E-state index contributed by atoms with van der Waals surface area (Å²) in [5.41, 5.74) is 8.73. The molecule has 4 nitrogen and oxygen atoms in total. The van der Waals surface area contributed by atoms with Crippen molar-refractivity contribution in [3.63, 3.8) is 0 Å². The second-order valence-electron chi connectivity index (χ2n) is 6.32. The Labute approximate surface area is 145 Å². The zero-order valence-electron chi connectivity index (χ0n) is 13.2. The first-order valence-electron chi connectivity index (χ1n) is 8.21. The summed E-state index contributed by atoms with van der Waals surface area (Å²) < 4.78 is 2.30. The maximum Gasteiger partial charge on any atom is 0.248 e. The number of nitrogens with zero attached hydrogens (tertiary/aromatic N) is 2. The molecular weight excluding hydrogens is 322 g/mol. The van der Waals surface area contributed by atoms with E-state index in [9.17, 15) is 4.79 Å². The number of amides is 1. The van der Waals surface area contributed by atoms with Crippen LogP contribution in [0.5, 0.6) is 0 Å². The smallest absolute Gasteiger partial charge is 0.248 e. The summed E-state index contributed by atoms with van der Waals surface area (Å²) in [5, 5.41) is 0.690. The van der Waals surface area contributed by atoms with Gasteiger partial charge in [0.25, 0.3) is 0 Å². The van der Waals surface area contributed by atoms with Crippen molar-refractivity contribution >= 4 is 28.5 Å². The maximum atomic E-state index is 11.5. The predicted octanol–water partition coefficient (Wildman–Crippen LogP) is 4.57. The number of hydrogen-bond acceptors (Lipinski definition) is 2. The first-order valence-corrected chi connectivity index (χ1v) is 8.59. The van der Waals surface area contributed by atoms with Gasteiger partial charge in [-0.15, -0.1) is 0 Å². The molecule has 1 aliphatic rings. The Balaban J connectivity index is 1.96. The molecule has 1 aromatic heterocycles. The van der Waals surface area contributed by atoms with Crippen molar-refractivity contribution < 1.29 is 4.79 Å². The number of carbonyl (C=O) groups is 1. The van der Waals surface area contributed by atoms with Crippen LogP contribution in [0.15, 0.2) is 42.5 Å². The molecule has 1 heterocycles. The average molecular weight is 340 g/mol. The molecule has 0 unspecified atom stereocenters. The molecule has 0 aliphatic heterocycles. The first-order chi connectivity index (χ1) is 11.6. The third-order valence-corrected chi connectivity index (χ3v) is 4.98. The van der Waals surface area contributed by atoms with Crippen molar-refractivity contribution in [2.75, 3.05) is 0 Å². The lowest BCUT2D eigenvalue weighted by Gasteiger charge is -2.16. The van der Waals surface area contributed by atoms with Crippen LogP contribution in [-0.2, 0) is 0 Å². The maximum absolute atomic E-state index is 11.5. The van der Waals surface area contributed by atoms with E-state index in [1.54, 1.807) is 12.1 Å². The van der Waals surface area contributed by atoms with E-state index in [1.165, 1.54) is 12.8 Å². The van der Waals surface area contributed by atoms with Gasteiger partial charge in [-0.05, 0) is 43.2 Å². The van der Waals surface area contributed by atoms with Crippen LogP contribution >= 0.6 is 11.6 Å². The van der Waals surface area contributed by atoms with E-state index >= 15 is 0 Å². The van der Waals surface area contributed by atoms with Gasteiger partial charge < -0.3 is 10.3 Å². The summed E-state index contributed by atoms with van der Waals surface area (Å²) in [6.45, 7) is 0. The molecule has 3 aromatic rings. The molecule has 24 heavy (non-hydrogen) atoms. The van der Waals surface area contributed by atoms with Crippen molar-refractivity contribution in [2.45, 2.75) is 31.7 Å². The Kier molecular flexibility index (Phi) is 3.77. The van der Waals surface area contributed by atoms with E-state index in [0.29, 0.717) is 16.6 Å². The summed E-state index contributed by atoms with van der Waals surface area (Å²) in [6, 6.07) is 13.7. The highest BCUT2D eigenvalue weighted by atomic mass is 35.5. The van der Waals surface area contributed by atoms with Gasteiger partial charge in [0.1, 0.15) is 5.82 Å². The second kappa shape index (κ2) is 5.95. The fraction of sp³-hybridized carbons (Fsp3) is 0.263. The number of fused-ring (bicyclic) bond motifs is 1. The summed E-state index contributed by atoms with van der Waals surface area (Å²) in [5.74, 6) is 0.470. The van der Waals surface area contributed by atoms with Crippen molar-refractivity contribution in [1.82, 2.24) is 9.55 Å². The van der Waals surface area contributed by atoms with Crippen LogP contribution in [0, 0.1) is 0 Å². The van der Waals surface area contributed by atoms with E-state index in [1.807, 2.05) is 30.3 Å². The van der Waals surface area contributed by atoms with Crippen LogP contribution in [0.2, 0.25) is 5.02 Å². The number of aromatic nitrogens is 2. The molecule has 2 aromatic carbocycles. The Bertz CT molecular complexity index is 926. The fourth-order valence-electron chi connectivity index (χ4n) is 3.62. The number of imidazole rings is 1. The summed E-state index contributed by atoms with van der Waals surface area (Å²) >= 11 is 6.17. The van der Waals surface area contributed by atoms with Gasteiger partial charge in [-0.2, -0.15) is 0 Å². The lowest BCUT2D eigenvalue weighted by Crippen LogP contribution is -2.10. The van der Waals surface area contributed by atoms with Crippen LogP contribution in [0.4, 0.5) is 0 Å². The minimum absolute atomic E-state index is 0.434. The standard InChI is InChI=1S/C19H18ClN3O/c20-14-5-3-4-13(10-14)19-22-16-11-12(18(21)24)8-9-17(16)23(19)15-6-1-2-7-15/h3-5,8-11,15H,1-2,6-7H2,(H2,21,24). The van der Waals surface area contributed by atoms with Crippen molar-refractivity contribution in [3.05, 3.63) is 53.1 Å². The van der Waals surface area contributed by atoms with Crippen LogP contribution in [0.3, 0.4) is 0 Å². The molecule has 0 saturated heterocycles. The van der Waals surface area contributed by atoms with Gasteiger partial charge in [0, 0.05) is 22.2 Å². The Hall–Kier alpha value is -2.33. The zero-order valence-corrected chi connectivity index (χ0v) is 14.0. The lowest BCUT2D eigenvalue weighted by molar-refractivity contribution is 0.100. The molecule has 0 atom stereocenters. The van der Waals surface area contributed by atoms with Gasteiger partial charge in [0.2, 0.25) is 5.91 Å². The number of benzene rings is 2. The van der Waals surface area contributed by atoms with Crippen LogP contribution in [0.1, 0.15) is 42.1 Å². The van der Waals surface area contributed by atoms with E-state index < -0.39 is 5.91 Å². The molecule has 1 aliphatic carbocycles. The molecule has 122 valence electrons. The highest BCUT2D eigenvalue weighted by Crippen LogP contribution is 2.37. The van der Waals surface area contributed by atoms with Gasteiger partial charge in [-0.25, -0.2) is 4.98 Å². The van der Waals surface area contributed by atoms with Crippen molar-refractivity contribution in [3.8, 4) is 11.4 Å². The first kappa shape index (κ1) is 15.2. The van der Waals surface area contributed by atoms with Crippen molar-refractivity contribution in [1.29, 1.82) is 0 Å². The van der Waals surface area contributed by atoms with E-state index in [4.69, 9.17) is 22.3 Å². The van der Waals surface area contributed by atoms with E-state index in [-0.39, 0.29) is 0 Å². The Morgan fingerprint density at radius 2 is 1.96 bits per heavy atom. The Morgan fingerprint density at radius 1 is 1.17 bits per heavy atom. The highest BCUT2D eigenvalue weighted by Gasteiger charge is 2.23. The monoisotopic (exact) mass is 339 g/mol. The summed E-state index contributed by atoms with van der Waals surface area (Å²) in [7, 11) is 0. The molecule has 0 spiro atoms. The highest BCUT2D eigenvalue weighted by molar-refractivity contribution is 6.30. The molecule has 4 rings (SSSR count). The minimum Gasteiger partial charge on any atom is -0.366 e. The molecule has 5 heteroatoms. The third kappa shape index (κ3) is 2.57. The second-order valence-corrected chi connectivity index (χ2v) is 6.76. The topological polar surface area (TPSA) is 60.9 Å². The van der Waals surface area contributed by atoms with Gasteiger partial charge >= 0.3 is 0 Å². The van der Waals surface area contributed by atoms with Crippen molar-refractivity contribution in [2.24, 2.45) is 5.73 Å². The number of halogens is 1. The average Bonchev–Trinajstić information content (AvgIpc) is 3.21. The summed E-state index contributed by atoms with van der Waals surface area (Å²) in [6.07, 6.45) is 4.77. The number of primary amides is 1. The van der Waals surface area contributed by atoms with E-state index in [0.717, 1.165) is 35.3 Å². The number of hydrogen-bond donors (Lipinski definition) is 1. The normalized spacial score (nSPS) is 15.2. The SMILES string of the molecule is NC(=O)c1ccc2c(c1)nc(-c1cccc(Cl)c1)n2C1CCCC1. The van der Waals surface area contributed by atoms with Gasteiger partial charge in [-0.3, -0.25) is 4.79 Å². The van der Waals surface area contributed by atoms with Crippen LogP contribution in [-0.4, -0.2) is 15.5 Å². The molecular formula is C19H18ClN3O. The van der Waals surface area contributed by atoms with Crippen LogP contribution in [0.25, 0.3) is 22.4 Å². The number of rotatable bonds is 3. The fourth-order valence-corrected chi connectivity index (χ4v) is 3.81. The molecule has 1 fully saturated rings. The third-order valence-electron chi connectivity index (χ3n) is 4.75. The lowest BCUT2D eigenvalue weighted by atomic mass is 10.1. The molecule has 1 amide bonds. The molecule has 0 bridgehead atoms. The Morgan fingerprint density at radius 3 is 2.67 bits per heavy atom. The van der Waals surface area contributed by atoms with Gasteiger partial charge in [0.05, 0.1) is 11.0 Å². The molecule has 1 saturated carbocycles. The zero-order chi connectivity index (χ0) is 16.7. The largest absolute Gasteiger partial charge is 0.366 e. The molecule has 2 N–H and O–H groups in total. The van der Waals surface area contributed by atoms with Gasteiger partial charge in [0.15, 0.2) is 0 Å². The van der Waals surface area contributed by atoms with E-state index in [2.05, 4.69) is 4.57 Å². The van der Waals surface area contributed by atoms with Crippen LogP contribution < -0.4 is 5.73 Å². The minimum atomic E-state index is -0.434. The molecule has 0 radical (unpaired) electrons. The number of carbonyl (C=O) groups excluding carboxylic acids is 1. The van der Waals surface area contributed by atoms with Gasteiger partial charge in [-0.1, -0.05) is 36.6 Å². The predicted molar refractivity (Wildman–Crippen MR) is 96.2 cm³/mol. The quantitative estimate of drug-likeness (QED) is 0.759.